The van der Waals surface area contributed by atoms with Crippen LogP contribution in [0.1, 0.15) is 29.2 Å². The average Bonchev–Trinajstić information content (AvgIpc) is 3.39. The van der Waals surface area contributed by atoms with Gasteiger partial charge < -0.3 is 19.9 Å². The smallest absolute Gasteiger partial charge is 0.343 e. The maximum atomic E-state index is 12.9. The summed E-state index contributed by atoms with van der Waals surface area (Å²) in [6.45, 7) is 2.90. The van der Waals surface area contributed by atoms with E-state index in [9.17, 15) is 14.7 Å². The van der Waals surface area contributed by atoms with E-state index in [0.29, 0.717) is 29.3 Å². The molecule has 1 aliphatic heterocycles. The maximum absolute atomic E-state index is 12.9. The molecule has 1 aromatic carbocycles. The lowest BCUT2D eigenvalue weighted by atomic mass is 10.1. The van der Waals surface area contributed by atoms with Crippen LogP contribution in [0, 0.1) is 0 Å². The molecule has 2 fully saturated rings. The van der Waals surface area contributed by atoms with Gasteiger partial charge in [0.05, 0.1) is 5.52 Å². The van der Waals surface area contributed by atoms with Crippen molar-refractivity contribution < 1.29 is 9.90 Å². The van der Waals surface area contributed by atoms with Gasteiger partial charge in [0, 0.05) is 42.6 Å². The van der Waals surface area contributed by atoms with Crippen molar-refractivity contribution >= 4 is 34.3 Å². The number of anilines is 1. The molecule has 1 aromatic heterocycles. The highest BCUT2D eigenvalue weighted by Gasteiger charge is 2.33. The number of fused-ring (bicyclic) bond motifs is 1. The van der Waals surface area contributed by atoms with Crippen molar-refractivity contribution in [3.63, 3.8) is 0 Å². The normalized spacial score (nSPS) is 18.1. The van der Waals surface area contributed by atoms with E-state index in [-0.39, 0.29) is 11.6 Å². The molecule has 126 valence electrons. The minimum Gasteiger partial charge on any atom is -0.477 e. The summed E-state index contributed by atoms with van der Waals surface area (Å²) in [6, 6.07) is 5.27. The Morgan fingerprint density at radius 1 is 1.25 bits per heavy atom. The molecule has 0 amide bonds. The van der Waals surface area contributed by atoms with Crippen molar-refractivity contribution in [3.05, 3.63) is 39.0 Å². The predicted molar refractivity (Wildman–Crippen MR) is 93.5 cm³/mol. The number of pyridine rings is 1. The first-order valence-corrected chi connectivity index (χ1v) is 8.52. The average molecular weight is 348 g/mol. The summed E-state index contributed by atoms with van der Waals surface area (Å²) in [7, 11) is 0. The van der Waals surface area contributed by atoms with E-state index < -0.39 is 11.4 Å². The van der Waals surface area contributed by atoms with Gasteiger partial charge in [0.2, 0.25) is 5.43 Å². The van der Waals surface area contributed by atoms with Crippen molar-refractivity contribution in [1.29, 1.82) is 0 Å². The van der Waals surface area contributed by atoms with Crippen LogP contribution in [0.2, 0.25) is 5.02 Å². The molecule has 2 heterocycles. The number of hydrogen-bond acceptors (Lipinski definition) is 4. The van der Waals surface area contributed by atoms with Crippen LogP contribution in [-0.2, 0) is 0 Å². The summed E-state index contributed by atoms with van der Waals surface area (Å²) in [4.78, 5) is 26.8. The second kappa shape index (κ2) is 5.79. The zero-order valence-electron chi connectivity index (χ0n) is 13.1. The molecule has 0 radical (unpaired) electrons. The van der Waals surface area contributed by atoms with Crippen LogP contribution >= 0.6 is 11.6 Å². The van der Waals surface area contributed by atoms with E-state index in [2.05, 4.69) is 5.32 Å². The largest absolute Gasteiger partial charge is 0.477 e. The van der Waals surface area contributed by atoms with Gasteiger partial charge in [-0.15, -0.1) is 0 Å². The molecule has 1 aliphatic carbocycles. The fourth-order valence-corrected chi connectivity index (χ4v) is 3.62. The number of carboxylic acid groups (broad SMARTS) is 1. The molecular weight excluding hydrogens is 330 g/mol. The molecule has 0 bridgehead atoms. The standard InChI is InChI=1S/C17H18ClN3O3/c18-10-1-4-12-13(9-10)21(11-2-3-11)16(14(15(12)22)17(23)24)20-7-5-19-6-8-20/h1,4,9,11,19H,2-3,5-8H2,(H,23,24). The van der Waals surface area contributed by atoms with Gasteiger partial charge in [0.15, 0.2) is 0 Å². The summed E-state index contributed by atoms with van der Waals surface area (Å²) >= 11 is 6.15. The van der Waals surface area contributed by atoms with Crippen LogP contribution in [0.5, 0.6) is 0 Å². The molecule has 7 heteroatoms. The number of aromatic carboxylic acids is 1. The first-order valence-electron chi connectivity index (χ1n) is 8.14. The molecule has 2 aliphatic rings. The number of aromatic nitrogens is 1. The van der Waals surface area contributed by atoms with E-state index in [1.54, 1.807) is 18.2 Å². The summed E-state index contributed by atoms with van der Waals surface area (Å²) in [5.41, 5.74) is 0.173. The van der Waals surface area contributed by atoms with E-state index in [0.717, 1.165) is 31.4 Å². The van der Waals surface area contributed by atoms with Gasteiger partial charge in [-0.2, -0.15) is 0 Å². The summed E-state index contributed by atoms with van der Waals surface area (Å²) < 4.78 is 2.03. The zero-order chi connectivity index (χ0) is 16.8. The summed E-state index contributed by atoms with van der Waals surface area (Å²) in [5.74, 6) is -0.633. The van der Waals surface area contributed by atoms with Gasteiger partial charge in [-0.05, 0) is 31.0 Å². The van der Waals surface area contributed by atoms with E-state index in [1.165, 1.54) is 0 Å². The van der Waals surface area contributed by atoms with E-state index in [1.807, 2.05) is 9.47 Å². The third-order valence-corrected chi connectivity index (χ3v) is 4.92. The summed E-state index contributed by atoms with van der Waals surface area (Å²) in [5, 5.41) is 14.0. The number of nitrogens with zero attached hydrogens (tertiary/aromatic N) is 2. The maximum Gasteiger partial charge on any atom is 0.343 e. The monoisotopic (exact) mass is 347 g/mol. The molecule has 0 atom stereocenters. The molecule has 2 aromatic rings. The highest BCUT2D eigenvalue weighted by Crippen LogP contribution is 2.42. The molecule has 1 saturated heterocycles. The Morgan fingerprint density at radius 3 is 2.58 bits per heavy atom. The molecular formula is C17H18ClN3O3. The fraction of sp³-hybridized carbons (Fsp3) is 0.412. The Hall–Kier alpha value is -2.05. The van der Waals surface area contributed by atoms with Crippen LogP contribution < -0.4 is 15.6 Å². The van der Waals surface area contributed by atoms with Crippen LogP contribution in [0.25, 0.3) is 10.9 Å². The van der Waals surface area contributed by atoms with Crippen molar-refractivity contribution in [2.75, 3.05) is 31.1 Å². The van der Waals surface area contributed by atoms with Crippen LogP contribution in [-0.4, -0.2) is 41.8 Å². The number of nitrogens with one attached hydrogen (secondary N) is 1. The highest BCUT2D eigenvalue weighted by atomic mass is 35.5. The first kappa shape index (κ1) is 15.5. The Morgan fingerprint density at radius 2 is 1.96 bits per heavy atom. The fourth-order valence-electron chi connectivity index (χ4n) is 3.45. The number of rotatable bonds is 3. The highest BCUT2D eigenvalue weighted by molar-refractivity contribution is 6.31. The Labute approximate surface area is 143 Å². The number of carbonyl (C=O) groups is 1. The van der Waals surface area contributed by atoms with Crippen molar-refractivity contribution in [2.24, 2.45) is 0 Å². The van der Waals surface area contributed by atoms with Gasteiger partial charge >= 0.3 is 5.97 Å². The van der Waals surface area contributed by atoms with Crippen molar-refractivity contribution in [3.8, 4) is 0 Å². The molecule has 0 spiro atoms. The predicted octanol–water partition coefficient (Wildman–Crippen LogP) is 2.10. The molecule has 24 heavy (non-hydrogen) atoms. The lowest BCUT2D eigenvalue weighted by molar-refractivity contribution is 0.0695. The van der Waals surface area contributed by atoms with Crippen LogP contribution in [0.3, 0.4) is 0 Å². The third kappa shape index (κ3) is 2.46. The van der Waals surface area contributed by atoms with Gasteiger partial charge in [0.1, 0.15) is 11.4 Å². The molecule has 6 nitrogen and oxygen atoms in total. The number of halogens is 1. The second-order valence-corrected chi connectivity index (χ2v) is 6.77. The number of hydrogen-bond donors (Lipinski definition) is 2. The van der Waals surface area contributed by atoms with Gasteiger partial charge in [-0.3, -0.25) is 4.79 Å². The SMILES string of the molecule is O=C(O)c1c(N2CCNCC2)n(C2CC2)c2cc(Cl)ccc2c1=O. The Kier molecular flexibility index (Phi) is 3.73. The Balaban J connectivity index is 2.09. The third-order valence-electron chi connectivity index (χ3n) is 4.69. The minimum absolute atomic E-state index is 0.126. The molecule has 0 unspecified atom stereocenters. The quantitative estimate of drug-likeness (QED) is 0.889. The van der Waals surface area contributed by atoms with Crippen LogP contribution in [0.15, 0.2) is 23.0 Å². The molecule has 1 saturated carbocycles. The number of piperazine rings is 1. The first-order chi connectivity index (χ1) is 11.6. The lowest BCUT2D eigenvalue weighted by Crippen LogP contribution is -2.46. The topological polar surface area (TPSA) is 74.6 Å². The van der Waals surface area contributed by atoms with Gasteiger partial charge in [-0.1, -0.05) is 11.6 Å². The molecule has 4 rings (SSSR count). The van der Waals surface area contributed by atoms with Gasteiger partial charge in [-0.25, -0.2) is 4.79 Å². The van der Waals surface area contributed by atoms with Crippen LogP contribution in [0.4, 0.5) is 5.82 Å². The second-order valence-electron chi connectivity index (χ2n) is 6.33. The molecule has 2 N–H and O–H groups in total. The number of carboxylic acids is 1. The van der Waals surface area contributed by atoms with E-state index in [4.69, 9.17) is 11.6 Å². The van der Waals surface area contributed by atoms with E-state index >= 15 is 0 Å². The Bertz CT molecular complexity index is 883. The van der Waals surface area contributed by atoms with Gasteiger partial charge in [0.25, 0.3) is 0 Å². The lowest BCUT2D eigenvalue weighted by Gasteiger charge is -2.33. The minimum atomic E-state index is -1.17. The summed E-state index contributed by atoms with van der Waals surface area (Å²) in [6.07, 6.45) is 1.98. The van der Waals surface area contributed by atoms with Crippen molar-refractivity contribution in [2.45, 2.75) is 18.9 Å². The number of benzene rings is 1. The zero-order valence-corrected chi connectivity index (χ0v) is 13.8. The van der Waals surface area contributed by atoms with Crippen molar-refractivity contribution in [1.82, 2.24) is 9.88 Å².